The maximum Gasteiger partial charge on any atom is 0.318 e. The van der Waals surface area contributed by atoms with Crippen LogP contribution in [0, 0.1) is 5.82 Å². The molecule has 0 saturated carbocycles. The third-order valence-corrected chi connectivity index (χ3v) is 3.10. The van der Waals surface area contributed by atoms with Crippen LogP contribution in [0.1, 0.15) is 11.3 Å². The summed E-state index contributed by atoms with van der Waals surface area (Å²) in [4.78, 5) is 12.1. The van der Waals surface area contributed by atoms with Gasteiger partial charge in [0.15, 0.2) is 11.6 Å². The molecule has 2 aromatic heterocycles. The summed E-state index contributed by atoms with van der Waals surface area (Å²) in [6.45, 7) is 0.694. The van der Waals surface area contributed by atoms with E-state index in [0.717, 1.165) is 17.5 Å². The molecule has 1 N–H and O–H groups in total. The summed E-state index contributed by atoms with van der Waals surface area (Å²) in [7, 11) is 0. The van der Waals surface area contributed by atoms with Gasteiger partial charge in [-0.25, -0.2) is 9.37 Å². The predicted molar refractivity (Wildman–Crippen MR) is 84.3 cm³/mol. The largest absolute Gasteiger partial charge is 0.459 e. The first-order valence-corrected chi connectivity index (χ1v) is 7.14. The molecule has 0 radical (unpaired) electrons. The highest BCUT2D eigenvalue weighted by Crippen LogP contribution is 2.15. The van der Waals surface area contributed by atoms with Crippen molar-refractivity contribution >= 4 is 5.82 Å². The van der Waals surface area contributed by atoms with Crippen LogP contribution in [0.4, 0.5) is 10.2 Å². The van der Waals surface area contributed by atoms with Gasteiger partial charge < -0.3 is 10.1 Å². The molecule has 0 fully saturated rings. The molecule has 0 bridgehead atoms. The molecular weight excluding hydrogens is 295 g/mol. The number of halogens is 1. The van der Waals surface area contributed by atoms with Crippen LogP contribution in [-0.4, -0.2) is 15.0 Å². The van der Waals surface area contributed by atoms with Gasteiger partial charge in [-0.15, -0.1) is 0 Å². The zero-order valence-corrected chi connectivity index (χ0v) is 12.3. The SMILES string of the molecule is Fc1cnc(OCc2ccccc2)nc1NCc1ccccn1. The van der Waals surface area contributed by atoms with Crippen molar-refractivity contribution in [2.24, 2.45) is 0 Å². The Balaban J connectivity index is 1.64. The number of hydrogen-bond donors (Lipinski definition) is 1. The number of hydrogen-bond acceptors (Lipinski definition) is 5. The van der Waals surface area contributed by atoms with Crippen LogP contribution in [0.5, 0.6) is 6.01 Å². The Labute approximate surface area is 133 Å². The summed E-state index contributed by atoms with van der Waals surface area (Å²) in [6.07, 6.45) is 2.77. The predicted octanol–water partition coefficient (Wildman–Crippen LogP) is 3.20. The number of aromatic nitrogens is 3. The van der Waals surface area contributed by atoms with Gasteiger partial charge in [-0.05, 0) is 17.7 Å². The third kappa shape index (κ3) is 4.23. The standard InChI is InChI=1S/C17H15FN4O/c18-15-11-21-17(23-12-13-6-2-1-3-7-13)22-16(15)20-10-14-8-4-5-9-19-14/h1-9,11H,10,12H2,(H,20,21,22). The average Bonchev–Trinajstić information content (AvgIpc) is 2.62. The number of nitrogens with zero attached hydrogens (tertiary/aromatic N) is 3. The van der Waals surface area contributed by atoms with E-state index < -0.39 is 5.82 Å². The van der Waals surface area contributed by atoms with E-state index in [-0.39, 0.29) is 11.8 Å². The van der Waals surface area contributed by atoms with E-state index in [1.807, 2.05) is 48.5 Å². The van der Waals surface area contributed by atoms with Gasteiger partial charge in [0.25, 0.3) is 0 Å². The van der Waals surface area contributed by atoms with Gasteiger partial charge in [0.1, 0.15) is 6.61 Å². The molecule has 0 saturated heterocycles. The van der Waals surface area contributed by atoms with E-state index in [0.29, 0.717) is 13.2 Å². The van der Waals surface area contributed by atoms with Crippen molar-refractivity contribution in [3.05, 3.63) is 78.0 Å². The Morgan fingerprint density at radius 3 is 2.61 bits per heavy atom. The van der Waals surface area contributed by atoms with Crippen LogP contribution in [-0.2, 0) is 13.2 Å². The molecule has 1 aromatic carbocycles. The number of pyridine rings is 1. The molecule has 6 heteroatoms. The number of anilines is 1. The molecule has 0 amide bonds. The summed E-state index contributed by atoms with van der Waals surface area (Å²) < 4.78 is 19.3. The lowest BCUT2D eigenvalue weighted by atomic mass is 10.2. The molecule has 116 valence electrons. The Morgan fingerprint density at radius 1 is 1.00 bits per heavy atom. The van der Waals surface area contributed by atoms with Crippen LogP contribution in [0.3, 0.4) is 0 Å². The first kappa shape index (κ1) is 14.9. The minimum absolute atomic E-state index is 0.0914. The number of ether oxygens (including phenoxy) is 1. The molecule has 0 atom stereocenters. The third-order valence-electron chi connectivity index (χ3n) is 3.10. The second-order valence-electron chi connectivity index (χ2n) is 4.80. The summed E-state index contributed by atoms with van der Waals surface area (Å²) in [5, 5.41) is 2.90. The minimum Gasteiger partial charge on any atom is -0.459 e. The number of benzene rings is 1. The van der Waals surface area contributed by atoms with Gasteiger partial charge in [-0.1, -0.05) is 36.4 Å². The quantitative estimate of drug-likeness (QED) is 0.757. The Bertz CT molecular complexity index is 753. The van der Waals surface area contributed by atoms with Gasteiger partial charge in [0.2, 0.25) is 0 Å². The molecule has 0 aliphatic carbocycles. The second-order valence-corrected chi connectivity index (χ2v) is 4.80. The molecular formula is C17H15FN4O. The maximum absolute atomic E-state index is 13.8. The van der Waals surface area contributed by atoms with Crippen LogP contribution in [0.15, 0.2) is 60.9 Å². The molecule has 0 unspecified atom stereocenters. The molecule has 2 heterocycles. The first-order valence-electron chi connectivity index (χ1n) is 7.14. The van der Waals surface area contributed by atoms with Crippen LogP contribution < -0.4 is 10.1 Å². The fourth-order valence-corrected chi connectivity index (χ4v) is 1.94. The molecule has 3 aromatic rings. The average molecular weight is 310 g/mol. The van der Waals surface area contributed by atoms with Crippen LogP contribution in [0.25, 0.3) is 0 Å². The zero-order chi connectivity index (χ0) is 15.9. The highest BCUT2D eigenvalue weighted by Gasteiger charge is 2.08. The van der Waals surface area contributed by atoms with Crippen LogP contribution >= 0.6 is 0 Å². The van der Waals surface area contributed by atoms with Crippen molar-refractivity contribution in [2.45, 2.75) is 13.2 Å². The smallest absolute Gasteiger partial charge is 0.318 e. The van der Waals surface area contributed by atoms with Gasteiger partial charge in [-0.2, -0.15) is 4.98 Å². The van der Waals surface area contributed by atoms with Crippen LogP contribution in [0.2, 0.25) is 0 Å². The van der Waals surface area contributed by atoms with E-state index in [2.05, 4.69) is 20.3 Å². The molecule has 0 aliphatic heterocycles. The molecule has 0 aliphatic rings. The van der Waals surface area contributed by atoms with E-state index >= 15 is 0 Å². The van der Waals surface area contributed by atoms with Crippen molar-refractivity contribution in [3.8, 4) is 6.01 Å². The Morgan fingerprint density at radius 2 is 1.83 bits per heavy atom. The number of rotatable bonds is 6. The van der Waals surface area contributed by atoms with Crippen molar-refractivity contribution < 1.29 is 9.13 Å². The van der Waals surface area contributed by atoms with Crippen molar-refractivity contribution in [1.82, 2.24) is 15.0 Å². The zero-order valence-electron chi connectivity index (χ0n) is 12.3. The normalized spacial score (nSPS) is 10.3. The monoisotopic (exact) mass is 310 g/mol. The fourth-order valence-electron chi connectivity index (χ4n) is 1.94. The Hall–Kier alpha value is -3.02. The lowest BCUT2D eigenvalue weighted by Gasteiger charge is -2.08. The summed E-state index contributed by atoms with van der Waals surface area (Å²) in [5.74, 6) is -0.443. The fraction of sp³-hybridized carbons (Fsp3) is 0.118. The van der Waals surface area contributed by atoms with Crippen molar-refractivity contribution in [2.75, 3.05) is 5.32 Å². The molecule has 0 spiro atoms. The van der Waals surface area contributed by atoms with Gasteiger partial charge in [0, 0.05) is 6.20 Å². The minimum atomic E-state index is -0.534. The Kier molecular flexibility index (Phi) is 4.73. The molecule has 23 heavy (non-hydrogen) atoms. The van der Waals surface area contributed by atoms with E-state index in [9.17, 15) is 4.39 Å². The molecule has 5 nitrogen and oxygen atoms in total. The van der Waals surface area contributed by atoms with Gasteiger partial charge in [-0.3, -0.25) is 4.98 Å². The summed E-state index contributed by atoms with van der Waals surface area (Å²) in [5.41, 5.74) is 1.78. The highest BCUT2D eigenvalue weighted by atomic mass is 19.1. The van der Waals surface area contributed by atoms with Gasteiger partial charge in [0.05, 0.1) is 18.4 Å². The van der Waals surface area contributed by atoms with E-state index in [1.165, 1.54) is 0 Å². The van der Waals surface area contributed by atoms with E-state index in [4.69, 9.17) is 4.74 Å². The summed E-state index contributed by atoms with van der Waals surface area (Å²) >= 11 is 0. The van der Waals surface area contributed by atoms with Crippen molar-refractivity contribution in [3.63, 3.8) is 0 Å². The lowest BCUT2D eigenvalue weighted by Crippen LogP contribution is -2.07. The summed E-state index contributed by atoms with van der Waals surface area (Å²) in [6, 6.07) is 15.3. The topological polar surface area (TPSA) is 59.9 Å². The molecule has 3 rings (SSSR count). The number of nitrogens with one attached hydrogen (secondary N) is 1. The first-order chi connectivity index (χ1) is 11.3. The van der Waals surface area contributed by atoms with Gasteiger partial charge >= 0.3 is 6.01 Å². The van der Waals surface area contributed by atoms with E-state index in [1.54, 1.807) is 6.20 Å². The van der Waals surface area contributed by atoms with Crippen molar-refractivity contribution in [1.29, 1.82) is 0 Å². The lowest BCUT2D eigenvalue weighted by molar-refractivity contribution is 0.280. The highest BCUT2D eigenvalue weighted by molar-refractivity contribution is 5.36. The second kappa shape index (κ2) is 7.31. The maximum atomic E-state index is 13.8.